The summed E-state index contributed by atoms with van der Waals surface area (Å²) in [6.07, 6.45) is 2.28. The van der Waals surface area contributed by atoms with Gasteiger partial charge >= 0.3 is 0 Å². The van der Waals surface area contributed by atoms with Gasteiger partial charge in [0.1, 0.15) is 0 Å². The highest BCUT2D eigenvalue weighted by Gasteiger charge is 2.31. The van der Waals surface area contributed by atoms with Crippen LogP contribution in [0.25, 0.3) is 0 Å². The summed E-state index contributed by atoms with van der Waals surface area (Å²) in [6, 6.07) is 6.89. The molecule has 0 amide bonds. The number of hydrogen-bond acceptors (Lipinski definition) is 2. The first-order chi connectivity index (χ1) is 7.42. The van der Waals surface area contributed by atoms with Gasteiger partial charge in [-0.1, -0.05) is 19.9 Å². The molecular weight excluding hydrogens is 196 g/mol. The van der Waals surface area contributed by atoms with Gasteiger partial charge < -0.3 is 10.6 Å². The van der Waals surface area contributed by atoms with Crippen LogP contribution in [0.2, 0.25) is 0 Å². The quantitative estimate of drug-likeness (QED) is 0.785. The number of benzene rings is 1. The second-order valence-electron chi connectivity index (χ2n) is 5.70. The molecule has 16 heavy (non-hydrogen) atoms. The van der Waals surface area contributed by atoms with Crippen molar-refractivity contribution in [2.24, 2.45) is 5.73 Å². The third kappa shape index (κ3) is 1.82. The first kappa shape index (κ1) is 11.5. The molecule has 0 heterocycles. The normalized spacial score (nSPS) is 22.7. The number of nitrogens with two attached hydrogens (primary N) is 1. The highest BCUT2D eigenvalue weighted by Crippen LogP contribution is 2.41. The number of anilines is 1. The van der Waals surface area contributed by atoms with Gasteiger partial charge in [0.2, 0.25) is 0 Å². The molecule has 0 aliphatic heterocycles. The summed E-state index contributed by atoms with van der Waals surface area (Å²) in [5.41, 5.74) is 10.5. The molecule has 0 fully saturated rings. The van der Waals surface area contributed by atoms with E-state index in [9.17, 15) is 0 Å². The maximum atomic E-state index is 6.18. The Kier molecular flexibility index (Phi) is 2.70. The molecular formula is C14H22N2. The Morgan fingerprint density at radius 2 is 2.00 bits per heavy atom. The number of hydrogen-bond donors (Lipinski definition) is 1. The van der Waals surface area contributed by atoms with Crippen LogP contribution in [0.1, 0.15) is 43.9 Å². The van der Waals surface area contributed by atoms with Crippen molar-refractivity contribution >= 4 is 5.69 Å². The molecule has 1 aliphatic carbocycles. The van der Waals surface area contributed by atoms with Crippen LogP contribution in [0, 0.1) is 0 Å². The average Bonchev–Trinajstić information content (AvgIpc) is 2.23. The Morgan fingerprint density at radius 3 is 2.62 bits per heavy atom. The second-order valence-corrected chi connectivity index (χ2v) is 5.70. The fourth-order valence-electron chi connectivity index (χ4n) is 2.54. The largest absolute Gasteiger partial charge is 0.378 e. The first-order valence-corrected chi connectivity index (χ1v) is 5.99. The number of nitrogens with zero attached hydrogens (tertiary/aromatic N) is 1. The van der Waals surface area contributed by atoms with Gasteiger partial charge in [0.05, 0.1) is 0 Å². The SMILES string of the molecule is CN(C)c1ccc2c(c1)C(C)(C)CCC2N. The van der Waals surface area contributed by atoms with Gasteiger partial charge in [-0.15, -0.1) is 0 Å². The Balaban J connectivity index is 2.53. The van der Waals surface area contributed by atoms with E-state index in [0.29, 0.717) is 0 Å². The van der Waals surface area contributed by atoms with Crippen molar-refractivity contribution in [2.75, 3.05) is 19.0 Å². The Morgan fingerprint density at radius 1 is 1.31 bits per heavy atom. The van der Waals surface area contributed by atoms with Crippen LogP contribution in [0.5, 0.6) is 0 Å². The first-order valence-electron chi connectivity index (χ1n) is 5.99. The molecule has 1 aliphatic rings. The van der Waals surface area contributed by atoms with Crippen LogP contribution in [0.4, 0.5) is 5.69 Å². The zero-order valence-electron chi connectivity index (χ0n) is 10.7. The number of fused-ring (bicyclic) bond motifs is 1. The van der Waals surface area contributed by atoms with Crippen LogP contribution in [-0.4, -0.2) is 14.1 Å². The maximum absolute atomic E-state index is 6.18. The molecule has 0 saturated carbocycles. The smallest absolute Gasteiger partial charge is 0.0364 e. The standard InChI is InChI=1S/C14H22N2/c1-14(2)8-7-13(15)11-6-5-10(16(3)4)9-12(11)14/h5-6,9,13H,7-8,15H2,1-4H3. The summed E-state index contributed by atoms with van der Waals surface area (Å²) >= 11 is 0. The van der Waals surface area contributed by atoms with Gasteiger partial charge in [-0.2, -0.15) is 0 Å². The molecule has 1 atom stereocenters. The lowest BCUT2D eigenvalue weighted by Gasteiger charge is -2.36. The van der Waals surface area contributed by atoms with Crippen LogP contribution < -0.4 is 10.6 Å². The van der Waals surface area contributed by atoms with Gasteiger partial charge in [-0.05, 0) is 41.5 Å². The molecule has 0 saturated heterocycles. The van der Waals surface area contributed by atoms with E-state index in [4.69, 9.17) is 5.73 Å². The third-order valence-corrected chi connectivity index (χ3v) is 3.76. The Hall–Kier alpha value is -1.02. The van der Waals surface area contributed by atoms with Crippen LogP contribution >= 0.6 is 0 Å². The molecule has 0 spiro atoms. The minimum atomic E-state index is 0.222. The zero-order chi connectivity index (χ0) is 11.9. The summed E-state index contributed by atoms with van der Waals surface area (Å²) < 4.78 is 0. The lowest BCUT2D eigenvalue weighted by Crippen LogP contribution is -2.29. The van der Waals surface area contributed by atoms with Crippen molar-refractivity contribution in [3.8, 4) is 0 Å². The van der Waals surface area contributed by atoms with Gasteiger partial charge in [0.25, 0.3) is 0 Å². The van der Waals surface area contributed by atoms with Gasteiger partial charge in [-0.3, -0.25) is 0 Å². The summed E-state index contributed by atoms with van der Waals surface area (Å²) in [4.78, 5) is 2.15. The maximum Gasteiger partial charge on any atom is 0.0364 e. The molecule has 0 bridgehead atoms. The van der Waals surface area contributed by atoms with Gasteiger partial charge in [0, 0.05) is 25.8 Å². The zero-order valence-corrected chi connectivity index (χ0v) is 10.7. The van der Waals surface area contributed by atoms with E-state index in [1.807, 2.05) is 0 Å². The summed E-state index contributed by atoms with van der Waals surface area (Å²) in [6.45, 7) is 4.63. The van der Waals surface area contributed by atoms with E-state index in [0.717, 1.165) is 6.42 Å². The van der Waals surface area contributed by atoms with Gasteiger partial charge in [-0.25, -0.2) is 0 Å². The molecule has 2 nitrogen and oxygen atoms in total. The van der Waals surface area contributed by atoms with Crippen molar-refractivity contribution in [2.45, 2.75) is 38.1 Å². The Labute approximate surface area is 98.4 Å². The highest BCUT2D eigenvalue weighted by molar-refractivity contribution is 5.53. The second kappa shape index (κ2) is 3.77. The molecule has 0 aromatic heterocycles. The summed E-state index contributed by atoms with van der Waals surface area (Å²) in [5.74, 6) is 0. The number of rotatable bonds is 1. The van der Waals surface area contributed by atoms with E-state index in [2.05, 4.69) is 51.0 Å². The third-order valence-electron chi connectivity index (χ3n) is 3.76. The average molecular weight is 218 g/mol. The van der Waals surface area contributed by atoms with Crippen molar-refractivity contribution in [1.29, 1.82) is 0 Å². The predicted octanol–water partition coefficient (Wildman–Crippen LogP) is 2.82. The molecule has 1 aromatic carbocycles. The summed E-state index contributed by atoms with van der Waals surface area (Å²) in [7, 11) is 4.16. The summed E-state index contributed by atoms with van der Waals surface area (Å²) in [5, 5.41) is 0. The lowest BCUT2D eigenvalue weighted by molar-refractivity contribution is 0.396. The van der Waals surface area contributed by atoms with E-state index in [-0.39, 0.29) is 11.5 Å². The lowest BCUT2D eigenvalue weighted by atomic mass is 9.71. The van der Waals surface area contributed by atoms with E-state index < -0.39 is 0 Å². The molecule has 2 heteroatoms. The van der Waals surface area contributed by atoms with Crippen LogP contribution in [0.15, 0.2) is 18.2 Å². The highest BCUT2D eigenvalue weighted by atomic mass is 15.1. The molecule has 1 aromatic rings. The molecule has 88 valence electrons. The van der Waals surface area contributed by atoms with Crippen LogP contribution in [-0.2, 0) is 5.41 Å². The van der Waals surface area contributed by atoms with Crippen molar-refractivity contribution in [3.63, 3.8) is 0 Å². The molecule has 2 N–H and O–H groups in total. The minimum Gasteiger partial charge on any atom is -0.378 e. The predicted molar refractivity (Wildman–Crippen MR) is 70.0 cm³/mol. The minimum absolute atomic E-state index is 0.222. The fourth-order valence-corrected chi connectivity index (χ4v) is 2.54. The van der Waals surface area contributed by atoms with Gasteiger partial charge in [0.15, 0.2) is 0 Å². The van der Waals surface area contributed by atoms with E-state index in [1.165, 1.54) is 23.2 Å². The molecule has 0 radical (unpaired) electrons. The van der Waals surface area contributed by atoms with Crippen LogP contribution in [0.3, 0.4) is 0 Å². The van der Waals surface area contributed by atoms with Crippen molar-refractivity contribution in [1.82, 2.24) is 0 Å². The fraction of sp³-hybridized carbons (Fsp3) is 0.571. The van der Waals surface area contributed by atoms with E-state index in [1.54, 1.807) is 0 Å². The van der Waals surface area contributed by atoms with E-state index >= 15 is 0 Å². The topological polar surface area (TPSA) is 29.3 Å². The Bertz CT molecular complexity index is 394. The molecule has 1 unspecified atom stereocenters. The van der Waals surface area contributed by atoms with Crippen molar-refractivity contribution in [3.05, 3.63) is 29.3 Å². The molecule has 2 rings (SSSR count). The van der Waals surface area contributed by atoms with Crippen molar-refractivity contribution < 1.29 is 0 Å². The monoisotopic (exact) mass is 218 g/mol.